The van der Waals surface area contributed by atoms with Crippen LogP contribution in [0.2, 0.25) is 0 Å². The van der Waals surface area contributed by atoms with Crippen LogP contribution in [0.3, 0.4) is 0 Å². The van der Waals surface area contributed by atoms with Crippen LogP contribution < -0.4 is 0 Å². The number of hydrogen-bond donors (Lipinski definition) is 0. The first-order valence-corrected chi connectivity index (χ1v) is 13.7. The molecule has 2 fully saturated rings. The molecule has 2 amide bonds. The molecule has 0 spiro atoms. The molecular weight excluding hydrogens is 497 g/mol. The van der Waals surface area contributed by atoms with Crippen molar-refractivity contribution < 1.29 is 30.8 Å². The second kappa shape index (κ2) is 10.1. The molecule has 12 heteroatoms. The molecule has 2 aliphatic rings. The highest BCUT2D eigenvalue weighted by atomic mass is 32.2. The lowest BCUT2D eigenvalue weighted by atomic mass is 9.84. The molecule has 1 aromatic heterocycles. The second-order valence-corrected chi connectivity index (χ2v) is 11.7. The van der Waals surface area contributed by atoms with Gasteiger partial charge in [0.2, 0.25) is 0 Å². The van der Waals surface area contributed by atoms with Crippen LogP contribution in [0.1, 0.15) is 53.8 Å². The normalized spacial score (nSPS) is 21.9. The number of nitriles is 1. The average molecular weight is 525 g/mol. The van der Waals surface area contributed by atoms with E-state index in [1.807, 2.05) is 0 Å². The van der Waals surface area contributed by atoms with Crippen LogP contribution in [0, 0.1) is 17.2 Å². The Hall–Kier alpha value is -3.07. The molecule has 8 nitrogen and oxygen atoms in total. The van der Waals surface area contributed by atoms with Gasteiger partial charge in [0.15, 0.2) is 15.7 Å². The molecule has 0 saturated carbocycles. The van der Waals surface area contributed by atoms with Crippen molar-refractivity contribution in [2.24, 2.45) is 5.92 Å². The number of sulfone groups is 1. The number of benzene rings is 1. The zero-order chi connectivity index (χ0) is 26.1. The van der Waals surface area contributed by atoms with E-state index in [1.165, 1.54) is 18.4 Å². The second-order valence-electron chi connectivity index (χ2n) is 9.57. The van der Waals surface area contributed by atoms with Crippen molar-refractivity contribution in [1.82, 2.24) is 14.8 Å². The minimum absolute atomic E-state index is 0.0800. The molecule has 2 unspecified atom stereocenters. The summed E-state index contributed by atoms with van der Waals surface area (Å²) in [6.45, 7) is 1.52. The topological polar surface area (TPSA) is 108 Å². The Labute approximate surface area is 207 Å². The summed E-state index contributed by atoms with van der Waals surface area (Å²) in [5.74, 6) is -0.686. The van der Waals surface area contributed by atoms with E-state index < -0.39 is 21.6 Å². The molecule has 0 aliphatic carbocycles. The third kappa shape index (κ3) is 6.19. The Morgan fingerprint density at radius 1 is 1.14 bits per heavy atom. The Bertz CT molecular complexity index is 1230. The van der Waals surface area contributed by atoms with Gasteiger partial charge in [0.25, 0.3) is 0 Å². The van der Waals surface area contributed by atoms with Crippen LogP contribution in [-0.2, 0) is 21.8 Å². The lowest BCUT2D eigenvalue weighted by Gasteiger charge is -2.40. The molecule has 4 rings (SSSR count). The van der Waals surface area contributed by atoms with Gasteiger partial charge < -0.3 is 14.2 Å². The minimum atomic E-state index is -4.45. The Morgan fingerprint density at radius 2 is 1.78 bits per heavy atom. The number of hydrogen-bond acceptors (Lipinski definition) is 6. The number of alkyl halides is 3. The first-order valence-electron chi connectivity index (χ1n) is 11.7. The summed E-state index contributed by atoms with van der Waals surface area (Å²) < 4.78 is 68.0. The quantitative estimate of drug-likeness (QED) is 0.594. The largest absolute Gasteiger partial charge is 0.448 e. The Morgan fingerprint density at radius 3 is 2.36 bits per heavy atom. The SMILES string of the molecule is CS(=O)(=O)Cc1coc(C2CC(c3ccc(C(F)(F)F)cc3)CN(C(=O)N3CCC(C#N)CC3)C2)n1. The van der Waals surface area contributed by atoms with Gasteiger partial charge in [-0.15, -0.1) is 0 Å². The number of aromatic nitrogens is 1. The van der Waals surface area contributed by atoms with Crippen LogP contribution in [0.15, 0.2) is 34.9 Å². The Kier molecular flexibility index (Phi) is 7.31. The lowest BCUT2D eigenvalue weighted by Crippen LogP contribution is -2.51. The summed E-state index contributed by atoms with van der Waals surface area (Å²) in [6.07, 6.45) is -0.397. The van der Waals surface area contributed by atoms with Crippen molar-refractivity contribution in [3.8, 4) is 6.07 Å². The summed E-state index contributed by atoms with van der Waals surface area (Å²) in [5.41, 5.74) is 0.183. The van der Waals surface area contributed by atoms with E-state index in [0.717, 1.165) is 18.4 Å². The summed E-state index contributed by atoms with van der Waals surface area (Å²) in [7, 11) is -3.32. The molecule has 3 heterocycles. The van der Waals surface area contributed by atoms with Gasteiger partial charge in [0, 0.05) is 44.3 Å². The van der Waals surface area contributed by atoms with Gasteiger partial charge in [0.1, 0.15) is 6.26 Å². The highest BCUT2D eigenvalue weighted by Gasteiger charge is 2.37. The number of oxazole rings is 1. The highest BCUT2D eigenvalue weighted by Crippen LogP contribution is 2.38. The van der Waals surface area contributed by atoms with Crippen molar-refractivity contribution in [2.75, 3.05) is 32.4 Å². The maximum atomic E-state index is 13.4. The van der Waals surface area contributed by atoms with Crippen LogP contribution >= 0.6 is 0 Å². The molecule has 2 aliphatic heterocycles. The summed E-state index contributed by atoms with van der Waals surface area (Å²) >= 11 is 0. The van der Waals surface area contributed by atoms with Gasteiger partial charge in [-0.05, 0) is 37.0 Å². The average Bonchev–Trinajstić information content (AvgIpc) is 3.30. The fraction of sp³-hybridized carbons (Fsp3) is 0.542. The number of carbonyl (C=O) groups is 1. The maximum absolute atomic E-state index is 13.4. The molecule has 194 valence electrons. The van der Waals surface area contributed by atoms with Gasteiger partial charge in [-0.25, -0.2) is 18.2 Å². The van der Waals surface area contributed by atoms with E-state index in [4.69, 9.17) is 9.68 Å². The Balaban J connectivity index is 1.58. The van der Waals surface area contributed by atoms with Gasteiger partial charge >= 0.3 is 12.2 Å². The van der Waals surface area contributed by atoms with Crippen LogP contribution in [-0.4, -0.2) is 61.7 Å². The molecule has 2 aromatic rings. The highest BCUT2D eigenvalue weighted by molar-refractivity contribution is 7.89. The number of amides is 2. The summed E-state index contributed by atoms with van der Waals surface area (Å²) in [6, 6.07) is 6.97. The molecule has 0 radical (unpaired) electrons. The van der Waals surface area contributed by atoms with E-state index in [9.17, 15) is 26.4 Å². The predicted octanol–water partition coefficient (Wildman–Crippen LogP) is 4.17. The van der Waals surface area contributed by atoms with Crippen molar-refractivity contribution in [3.05, 3.63) is 53.2 Å². The first-order chi connectivity index (χ1) is 16.9. The van der Waals surface area contributed by atoms with E-state index >= 15 is 0 Å². The predicted molar refractivity (Wildman–Crippen MR) is 123 cm³/mol. The fourth-order valence-corrected chi connectivity index (χ4v) is 5.53. The molecule has 2 saturated heterocycles. The van der Waals surface area contributed by atoms with Crippen LogP contribution in [0.5, 0.6) is 0 Å². The third-order valence-corrected chi connectivity index (χ3v) is 7.53. The molecule has 1 aromatic carbocycles. The van der Waals surface area contributed by atoms with Crippen molar-refractivity contribution in [3.63, 3.8) is 0 Å². The fourth-order valence-electron chi connectivity index (χ4n) is 4.86. The number of urea groups is 1. The van der Waals surface area contributed by atoms with E-state index in [2.05, 4.69) is 11.1 Å². The molecular formula is C24H27F3N4O4S. The van der Waals surface area contributed by atoms with E-state index in [1.54, 1.807) is 9.80 Å². The standard InChI is InChI=1S/C24H27F3N4O4S/c1-36(33,34)15-21-14-35-22(29-21)19-10-18(17-2-4-20(5-3-17)24(25,26)27)12-31(13-19)23(32)30-8-6-16(11-28)7-9-30/h2-5,14,16,18-19H,6-10,12-13,15H2,1H3. The van der Waals surface area contributed by atoms with Crippen LogP contribution in [0.4, 0.5) is 18.0 Å². The lowest BCUT2D eigenvalue weighted by molar-refractivity contribution is -0.137. The monoisotopic (exact) mass is 524 g/mol. The van der Waals surface area contributed by atoms with Gasteiger partial charge in [-0.1, -0.05) is 12.1 Å². The molecule has 2 atom stereocenters. The van der Waals surface area contributed by atoms with Crippen molar-refractivity contribution >= 4 is 15.9 Å². The maximum Gasteiger partial charge on any atom is 0.416 e. The molecule has 0 bridgehead atoms. The zero-order valence-corrected chi connectivity index (χ0v) is 20.6. The summed E-state index contributed by atoms with van der Waals surface area (Å²) in [4.78, 5) is 21.1. The molecule has 0 N–H and O–H groups in total. The van der Waals surface area contributed by atoms with Crippen molar-refractivity contribution in [1.29, 1.82) is 5.26 Å². The van der Waals surface area contributed by atoms with E-state index in [-0.39, 0.29) is 41.8 Å². The minimum Gasteiger partial charge on any atom is -0.448 e. The first kappa shape index (κ1) is 26.0. The van der Waals surface area contributed by atoms with Gasteiger partial charge in [-0.2, -0.15) is 18.4 Å². The number of carbonyl (C=O) groups excluding carboxylic acids is 1. The number of halogens is 3. The number of nitrogens with zero attached hydrogens (tertiary/aromatic N) is 4. The summed E-state index contributed by atoms with van der Waals surface area (Å²) in [5, 5.41) is 9.14. The third-order valence-electron chi connectivity index (χ3n) is 6.71. The van der Waals surface area contributed by atoms with Gasteiger partial charge in [-0.3, -0.25) is 0 Å². The van der Waals surface area contributed by atoms with Crippen LogP contribution in [0.25, 0.3) is 0 Å². The smallest absolute Gasteiger partial charge is 0.416 e. The number of likely N-dealkylation sites (tertiary alicyclic amines) is 2. The van der Waals surface area contributed by atoms with E-state index in [0.29, 0.717) is 50.4 Å². The number of piperidine rings is 2. The zero-order valence-electron chi connectivity index (χ0n) is 19.7. The molecule has 36 heavy (non-hydrogen) atoms. The number of rotatable bonds is 4. The van der Waals surface area contributed by atoms with Crippen molar-refractivity contribution in [2.45, 2.75) is 43.0 Å². The van der Waals surface area contributed by atoms with Gasteiger partial charge in [0.05, 0.1) is 29.0 Å².